The van der Waals surface area contributed by atoms with Crippen molar-refractivity contribution in [3.8, 4) is 11.1 Å². The van der Waals surface area contributed by atoms with E-state index in [2.05, 4.69) is 119 Å². The third-order valence-electron chi connectivity index (χ3n) is 9.21. The second kappa shape index (κ2) is 13.4. The minimum atomic E-state index is 0.618. The summed E-state index contributed by atoms with van der Waals surface area (Å²) in [5, 5.41) is 4.46. The summed E-state index contributed by atoms with van der Waals surface area (Å²) in [7, 11) is 0. The van der Waals surface area contributed by atoms with E-state index in [9.17, 15) is 9.59 Å². The van der Waals surface area contributed by atoms with Crippen molar-refractivity contribution in [3.05, 3.63) is 193 Å². The van der Waals surface area contributed by atoms with Gasteiger partial charge in [0.05, 0.1) is 22.7 Å². The predicted octanol–water partition coefficient (Wildman–Crippen LogP) is 12.2. The van der Waals surface area contributed by atoms with Crippen LogP contribution in [0.2, 0.25) is 0 Å². The van der Waals surface area contributed by atoms with Crippen LogP contribution in [0.15, 0.2) is 182 Å². The SMILES string of the molecule is O=Cc1ccccc1N(c1ccc(-c2ccc(N(c3ccccc3C=O)c3cccc4ccccc34)cc2)cc1)c1cccc2ccccc12. The van der Waals surface area contributed by atoms with Gasteiger partial charge >= 0.3 is 0 Å². The Morgan fingerprint density at radius 2 is 0.660 bits per heavy atom. The maximum Gasteiger partial charge on any atom is 0.152 e. The van der Waals surface area contributed by atoms with E-state index in [1.807, 2.05) is 72.8 Å². The Bertz CT molecular complexity index is 2300. The summed E-state index contributed by atoms with van der Waals surface area (Å²) in [5.74, 6) is 0. The molecule has 50 heavy (non-hydrogen) atoms. The van der Waals surface area contributed by atoms with Crippen LogP contribution in [0.3, 0.4) is 0 Å². The third kappa shape index (κ3) is 5.59. The summed E-state index contributed by atoms with van der Waals surface area (Å²) in [6.45, 7) is 0. The zero-order chi connectivity index (χ0) is 33.9. The number of benzene rings is 8. The van der Waals surface area contributed by atoms with Crippen molar-refractivity contribution in [1.29, 1.82) is 0 Å². The molecule has 0 heterocycles. The molecule has 0 saturated carbocycles. The average molecular weight is 645 g/mol. The molecule has 0 unspecified atom stereocenters. The van der Waals surface area contributed by atoms with Crippen LogP contribution in [0.5, 0.6) is 0 Å². The molecule has 238 valence electrons. The van der Waals surface area contributed by atoms with Crippen molar-refractivity contribution >= 4 is 68.2 Å². The van der Waals surface area contributed by atoms with E-state index < -0.39 is 0 Å². The lowest BCUT2D eigenvalue weighted by Crippen LogP contribution is -2.12. The lowest BCUT2D eigenvalue weighted by molar-refractivity contribution is 0.111. The molecule has 8 rings (SSSR count). The summed E-state index contributed by atoms with van der Waals surface area (Å²) in [5.41, 5.74) is 8.89. The molecule has 0 fully saturated rings. The van der Waals surface area contributed by atoms with Crippen LogP contribution >= 0.6 is 0 Å². The van der Waals surface area contributed by atoms with Crippen molar-refractivity contribution < 1.29 is 9.59 Å². The fourth-order valence-electron chi connectivity index (χ4n) is 6.81. The van der Waals surface area contributed by atoms with Crippen molar-refractivity contribution in [1.82, 2.24) is 0 Å². The fraction of sp³-hybridized carbons (Fsp3) is 0. The van der Waals surface area contributed by atoms with Gasteiger partial charge in [-0.1, -0.05) is 121 Å². The normalized spacial score (nSPS) is 11.0. The van der Waals surface area contributed by atoms with E-state index in [4.69, 9.17) is 0 Å². The molecule has 0 radical (unpaired) electrons. The smallest absolute Gasteiger partial charge is 0.152 e. The lowest BCUT2D eigenvalue weighted by Gasteiger charge is -2.28. The van der Waals surface area contributed by atoms with E-state index in [-0.39, 0.29) is 0 Å². The van der Waals surface area contributed by atoms with E-state index in [0.717, 1.165) is 79.4 Å². The molecule has 0 aliphatic heterocycles. The Balaban J connectivity index is 1.19. The summed E-state index contributed by atoms with van der Waals surface area (Å²) in [6, 6.07) is 61.4. The Kier molecular flexibility index (Phi) is 8.17. The average Bonchev–Trinajstić information content (AvgIpc) is 3.19. The number of carbonyl (C=O) groups is 2. The highest BCUT2D eigenvalue weighted by atomic mass is 16.1. The molecule has 0 N–H and O–H groups in total. The summed E-state index contributed by atoms with van der Waals surface area (Å²) >= 11 is 0. The molecule has 8 aromatic rings. The Morgan fingerprint density at radius 3 is 1.08 bits per heavy atom. The highest BCUT2D eigenvalue weighted by Gasteiger charge is 2.20. The predicted molar refractivity (Wildman–Crippen MR) is 207 cm³/mol. The highest BCUT2D eigenvalue weighted by molar-refractivity contribution is 6.02. The van der Waals surface area contributed by atoms with Gasteiger partial charge in [0.25, 0.3) is 0 Å². The zero-order valence-electron chi connectivity index (χ0n) is 27.2. The van der Waals surface area contributed by atoms with Crippen molar-refractivity contribution in [3.63, 3.8) is 0 Å². The molecule has 0 aliphatic rings. The summed E-state index contributed by atoms with van der Waals surface area (Å²) in [6.07, 6.45) is 1.83. The van der Waals surface area contributed by atoms with Crippen LogP contribution in [0.4, 0.5) is 34.1 Å². The number of fused-ring (bicyclic) bond motifs is 2. The number of hydrogen-bond acceptors (Lipinski definition) is 4. The molecule has 0 aliphatic carbocycles. The van der Waals surface area contributed by atoms with Crippen LogP contribution < -0.4 is 9.80 Å². The van der Waals surface area contributed by atoms with Gasteiger partial charge < -0.3 is 9.80 Å². The molecule has 0 spiro atoms. The van der Waals surface area contributed by atoms with Gasteiger partial charge in [-0.3, -0.25) is 9.59 Å². The minimum absolute atomic E-state index is 0.618. The number of nitrogens with zero attached hydrogens (tertiary/aromatic N) is 2. The molecule has 0 amide bonds. The molecular weight excluding hydrogens is 613 g/mol. The number of anilines is 6. The molecule has 4 nitrogen and oxygen atoms in total. The van der Waals surface area contributed by atoms with Crippen LogP contribution in [-0.2, 0) is 0 Å². The molecule has 0 bridgehead atoms. The minimum Gasteiger partial charge on any atom is -0.309 e. The molecule has 0 saturated heterocycles. The number of rotatable bonds is 9. The van der Waals surface area contributed by atoms with Gasteiger partial charge in [-0.05, 0) is 82.6 Å². The molecule has 8 aromatic carbocycles. The van der Waals surface area contributed by atoms with Crippen molar-refractivity contribution in [2.75, 3.05) is 9.80 Å². The molecule has 4 heteroatoms. The van der Waals surface area contributed by atoms with E-state index >= 15 is 0 Å². The first kappa shape index (κ1) is 30.5. The number of hydrogen-bond donors (Lipinski definition) is 0. The summed E-state index contributed by atoms with van der Waals surface area (Å²) < 4.78 is 0. The second-order valence-electron chi connectivity index (χ2n) is 12.1. The van der Waals surface area contributed by atoms with Crippen LogP contribution in [0.1, 0.15) is 20.7 Å². The van der Waals surface area contributed by atoms with Gasteiger partial charge in [-0.2, -0.15) is 0 Å². The maximum absolute atomic E-state index is 12.2. The number of aldehydes is 2. The standard InChI is InChI=1S/C46H32N2O2/c49-31-37-13-3-7-19-43(37)47(45-21-9-15-35-11-1-5-17-41(35)45)39-27-23-33(24-28-39)34-25-29-40(30-26-34)48(44-20-8-4-14-38(44)32-50)46-22-10-16-36-12-2-6-18-42(36)46/h1-32H. The first-order chi connectivity index (χ1) is 24.7. The Hall–Kier alpha value is -6.78. The van der Waals surface area contributed by atoms with E-state index in [0.29, 0.717) is 11.1 Å². The van der Waals surface area contributed by atoms with E-state index in [1.54, 1.807) is 0 Å². The maximum atomic E-state index is 12.2. The summed E-state index contributed by atoms with van der Waals surface area (Å²) in [4.78, 5) is 28.7. The Labute approximate surface area is 291 Å². The van der Waals surface area contributed by atoms with Crippen LogP contribution in [-0.4, -0.2) is 12.6 Å². The Morgan fingerprint density at radius 1 is 0.320 bits per heavy atom. The van der Waals surface area contributed by atoms with Gasteiger partial charge in [0.2, 0.25) is 0 Å². The third-order valence-corrected chi connectivity index (χ3v) is 9.21. The lowest BCUT2D eigenvalue weighted by atomic mass is 10.0. The molecule has 0 aromatic heterocycles. The fourth-order valence-corrected chi connectivity index (χ4v) is 6.81. The second-order valence-corrected chi connectivity index (χ2v) is 12.1. The topological polar surface area (TPSA) is 40.6 Å². The quantitative estimate of drug-likeness (QED) is 0.147. The highest BCUT2D eigenvalue weighted by Crippen LogP contribution is 2.42. The molecule has 0 atom stereocenters. The number of carbonyl (C=O) groups excluding carboxylic acids is 2. The van der Waals surface area contributed by atoms with Gasteiger partial charge in [-0.25, -0.2) is 0 Å². The van der Waals surface area contributed by atoms with Gasteiger partial charge in [0.15, 0.2) is 12.6 Å². The van der Waals surface area contributed by atoms with Gasteiger partial charge in [-0.15, -0.1) is 0 Å². The largest absolute Gasteiger partial charge is 0.309 e. The molecular formula is C46H32N2O2. The van der Waals surface area contributed by atoms with Crippen molar-refractivity contribution in [2.24, 2.45) is 0 Å². The monoisotopic (exact) mass is 644 g/mol. The van der Waals surface area contributed by atoms with Gasteiger partial charge in [0.1, 0.15) is 0 Å². The number of para-hydroxylation sites is 2. The van der Waals surface area contributed by atoms with E-state index in [1.165, 1.54) is 0 Å². The van der Waals surface area contributed by atoms with Crippen LogP contribution in [0.25, 0.3) is 32.7 Å². The first-order valence-electron chi connectivity index (χ1n) is 16.6. The zero-order valence-corrected chi connectivity index (χ0v) is 27.2. The van der Waals surface area contributed by atoms with Gasteiger partial charge in [0, 0.05) is 33.3 Å². The van der Waals surface area contributed by atoms with Crippen LogP contribution in [0, 0.1) is 0 Å². The van der Waals surface area contributed by atoms with Crippen molar-refractivity contribution in [2.45, 2.75) is 0 Å². The first-order valence-corrected chi connectivity index (χ1v) is 16.6.